The summed E-state index contributed by atoms with van der Waals surface area (Å²) in [7, 11) is 1.76. The Balaban J connectivity index is 1.05. The summed E-state index contributed by atoms with van der Waals surface area (Å²) < 4.78 is 12.7. The van der Waals surface area contributed by atoms with Crippen LogP contribution in [-0.2, 0) is 15.6 Å². The van der Waals surface area contributed by atoms with Crippen molar-refractivity contribution in [3.8, 4) is 11.8 Å². The quantitative estimate of drug-likeness (QED) is 0.113. The van der Waals surface area contributed by atoms with Crippen LogP contribution in [0.5, 0.6) is 5.75 Å². The SMILES string of the molecule is [C-]#[N+]C(C#N)=C1C=C(C=Cc2ccc(N(c3cccc4ccccc34)c3cccc4ccccc34)cc2)OC(C=Cc2cc3c4c(c2OC)C(C)(C)CCN4CCC3(C)C)=C1. The van der Waals surface area contributed by atoms with E-state index in [-0.39, 0.29) is 16.5 Å². The Morgan fingerprint density at radius 2 is 1.33 bits per heavy atom. The smallest absolute Gasteiger partial charge is 0.269 e. The monoisotopic (exact) mass is 796 g/mol. The van der Waals surface area contributed by atoms with Gasteiger partial charge in [0.1, 0.15) is 17.3 Å². The summed E-state index contributed by atoms with van der Waals surface area (Å²) in [5.74, 6) is 1.93. The number of allylic oxidation sites excluding steroid dienone is 6. The van der Waals surface area contributed by atoms with Crippen molar-refractivity contribution in [2.24, 2.45) is 0 Å². The van der Waals surface area contributed by atoms with Crippen LogP contribution in [0.4, 0.5) is 22.7 Å². The molecule has 61 heavy (non-hydrogen) atoms. The van der Waals surface area contributed by atoms with Crippen LogP contribution in [0.2, 0.25) is 0 Å². The maximum absolute atomic E-state index is 9.90. The number of ether oxygens (including phenoxy) is 2. The standard InChI is InChI=1S/C55H48N4O2/c1-54(2)29-31-58-32-30-55(3,4)51-52(58)47(54)35-40(53(51)60-6)24-28-44-34-41(48(36-56)57-5)33-43(61-44)27-23-37-21-25-42(26-22-37)59(49-19-11-15-38-13-7-9-17-45(38)49)50-20-12-16-39-14-8-10-18-46(39)50/h7-28,33-35H,29-32H2,1-4,6H3. The molecular weight excluding hydrogens is 749 g/mol. The Hall–Kier alpha value is -7.28. The van der Waals surface area contributed by atoms with Gasteiger partial charge in [-0.15, -0.1) is 0 Å². The molecule has 3 aliphatic rings. The molecule has 0 atom stereocenters. The van der Waals surface area contributed by atoms with E-state index in [0.717, 1.165) is 59.9 Å². The average molecular weight is 797 g/mol. The number of rotatable bonds is 8. The molecule has 0 saturated heterocycles. The molecule has 0 radical (unpaired) electrons. The Morgan fingerprint density at radius 1 is 0.754 bits per heavy atom. The number of nitriles is 1. The second-order valence-electron chi connectivity index (χ2n) is 17.3. The lowest BCUT2D eigenvalue weighted by atomic mass is 9.68. The van der Waals surface area contributed by atoms with Gasteiger partial charge in [-0.3, -0.25) is 0 Å². The van der Waals surface area contributed by atoms with Gasteiger partial charge >= 0.3 is 0 Å². The molecule has 9 rings (SSSR count). The first-order valence-electron chi connectivity index (χ1n) is 20.9. The second-order valence-corrected chi connectivity index (χ2v) is 17.3. The van der Waals surface area contributed by atoms with Crippen LogP contribution in [0.1, 0.15) is 62.8 Å². The van der Waals surface area contributed by atoms with E-state index in [4.69, 9.17) is 16.0 Å². The van der Waals surface area contributed by atoms with Gasteiger partial charge in [0, 0.05) is 46.4 Å². The summed E-state index contributed by atoms with van der Waals surface area (Å²) in [6, 6.07) is 42.8. The molecule has 0 aromatic heterocycles. The van der Waals surface area contributed by atoms with Crippen LogP contribution in [0.25, 0.3) is 38.5 Å². The number of hydrogen-bond acceptors (Lipinski definition) is 5. The van der Waals surface area contributed by atoms with Crippen molar-refractivity contribution in [2.45, 2.75) is 51.4 Å². The molecule has 0 amide bonds. The maximum atomic E-state index is 9.90. The van der Waals surface area contributed by atoms with Crippen LogP contribution in [0.3, 0.4) is 0 Å². The molecule has 6 heteroatoms. The van der Waals surface area contributed by atoms with E-state index < -0.39 is 0 Å². The minimum absolute atomic E-state index is 0.00537. The number of benzene rings is 6. The number of methoxy groups -OCH3 is 1. The van der Waals surface area contributed by atoms with Gasteiger partial charge in [0.05, 0.1) is 31.1 Å². The van der Waals surface area contributed by atoms with E-state index in [1.807, 2.05) is 24.3 Å². The Labute approximate surface area is 359 Å². The molecule has 6 aromatic rings. The molecule has 0 spiro atoms. The van der Waals surface area contributed by atoms with Gasteiger partial charge in [0.2, 0.25) is 0 Å². The van der Waals surface area contributed by atoms with E-state index in [0.29, 0.717) is 17.1 Å². The molecule has 0 aliphatic carbocycles. The molecule has 300 valence electrons. The summed E-state index contributed by atoms with van der Waals surface area (Å²) in [6.07, 6.45) is 13.5. The van der Waals surface area contributed by atoms with Crippen molar-refractivity contribution in [1.82, 2.24) is 0 Å². The summed E-state index contributed by atoms with van der Waals surface area (Å²) in [5.41, 5.74) is 9.57. The molecule has 0 unspecified atom stereocenters. The number of nitrogens with zero attached hydrogens (tertiary/aromatic N) is 4. The van der Waals surface area contributed by atoms with Gasteiger partial charge in [-0.05, 0) is 112 Å². The fourth-order valence-electron chi connectivity index (χ4n) is 9.21. The van der Waals surface area contributed by atoms with Gasteiger partial charge in [-0.1, -0.05) is 119 Å². The third-order valence-corrected chi connectivity index (χ3v) is 12.6. The van der Waals surface area contributed by atoms with Gasteiger partial charge in [0.15, 0.2) is 0 Å². The van der Waals surface area contributed by atoms with Crippen molar-refractivity contribution in [3.63, 3.8) is 0 Å². The number of anilines is 4. The summed E-state index contributed by atoms with van der Waals surface area (Å²) in [5, 5.41) is 14.6. The highest BCUT2D eigenvalue weighted by Crippen LogP contribution is 2.54. The number of fused-ring (bicyclic) bond motifs is 2. The molecule has 0 N–H and O–H groups in total. The average Bonchev–Trinajstić information content (AvgIpc) is 3.28. The minimum Gasteiger partial charge on any atom is -0.496 e. The predicted octanol–water partition coefficient (Wildman–Crippen LogP) is 13.9. The molecule has 3 aliphatic heterocycles. The fourth-order valence-corrected chi connectivity index (χ4v) is 9.21. The van der Waals surface area contributed by atoms with Gasteiger partial charge < -0.3 is 19.3 Å². The van der Waals surface area contributed by atoms with E-state index in [1.54, 1.807) is 19.3 Å². The lowest BCUT2D eigenvalue weighted by molar-refractivity contribution is 0.332. The highest BCUT2D eigenvalue weighted by molar-refractivity contribution is 6.04. The first-order valence-corrected chi connectivity index (χ1v) is 20.9. The van der Waals surface area contributed by atoms with Gasteiger partial charge in [0.25, 0.3) is 5.70 Å². The molecular formula is C55H48N4O2. The lowest BCUT2D eigenvalue weighted by Gasteiger charge is -2.48. The van der Waals surface area contributed by atoms with Crippen molar-refractivity contribution in [1.29, 1.82) is 5.26 Å². The number of hydrogen-bond donors (Lipinski definition) is 0. The largest absolute Gasteiger partial charge is 0.496 e. The first kappa shape index (κ1) is 39.2. The van der Waals surface area contributed by atoms with E-state index in [9.17, 15) is 5.26 Å². The zero-order valence-electron chi connectivity index (χ0n) is 35.4. The van der Waals surface area contributed by atoms with Crippen LogP contribution < -0.4 is 14.5 Å². The molecule has 0 fully saturated rings. The van der Waals surface area contributed by atoms with Crippen LogP contribution in [-0.4, -0.2) is 20.2 Å². The topological polar surface area (TPSA) is 53.1 Å². The fraction of sp³-hybridized carbons (Fsp3) is 0.200. The summed E-state index contributed by atoms with van der Waals surface area (Å²) >= 11 is 0. The molecule has 0 saturated carbocycles. The molecule has 6 aromatic carbocycles. The molecule has 3 heterocycles. The highest BCUT2D eigenvalue weighted by Gasteiger charge is 2.42. The lowest BCUT2D eigenvalue weighted by Crippen LogP contribution is -2.45. The zero-order valence-corrected chi connectivity index (χ0v) is 35.4. The second kappa shape index (κ2) is 15.7. The highest BCUT2D eigenvalue weighted by atomic mass is 16.5. The van der Waals surface area contributed by atoms with Crippen molar-refractivity contribution >= 4 is 56.4 Å². The Kier molecular flexibility index (Phi) is 10.1. The summed E-state index contributed by atoms with van der Waals surface area (Å²) in [4.78, 5) is 8.42. The zero-order chi connectivity index (χ0) is 42.3. The Morgan fingerprint density at radius 3 is 1.92 bits per heavy atom. The van der Waals surface area contributed by atoms with Crippen LogP contribution >= 0.6 is 0 Å². The Bertz CT molecular complexity index is 2860. The van der Waals surface area contributed by atoms with Crippen molar-refractivity contribution < 1.29 is 9.47 Å². The van der Waals surface area contributed by atoms with Crippen molar-refractivity contribution in [3.05, 3.63) is 196 Å². The minimum atomic E-state index is -0.0555. The summed E-state index contributed by atoms with van der Waals surface area (Å²) in [6.45, 7) is 19.1. The maximum Gasteiger partial charge on any atom is 0.269 e. The predicted molar refractivity (Wildman–Crippen MR) is 251 cm³/mol. The normalized spacial score (nSPS) is 17.3. The van der Waals surface area contributed by atoms with Gasteiger partial charge in [-0.2, -0.15) is 0 Å². The first-order chi connectivity index (χ1) is 29.6. The van der Waals surface area contributed by atoms with E-state index in [1.165, 1.54) is 38.4 Å². The van der Waals surface area contributed by atoms with Crippen LogP contribution in [0, 0.1) is 17.9 Å². The van der Waals surface area contributed by atoms with E-state index in [2.05, 4.69) is 164 Å². The van der Waals surface area contributed by atoms with E-state index >= 15 is 0 Å². The molecule has 0 bridgehead atoms. The van der Waals surface area contributed by atoms with Gasteiger partial charge in [-0.25, -0.2) is 10.1 Å². The molecule has 6 nitrogen and oxygen atoms in total. The third kappa shape index (κ3) is 7.26. The van der Waals surface area contributed by atoms with Crippen molar-refractivity contribution in [2.75, 3.05) is 30.0 Å². The van der Waals surface area contributed by atoms with Crippen LogP contribution in [0.15, 0.2) is 162 Å². The third-order valence-electron chi connectivity index (χ3n) is 12.6.